The molecular formula is C13H20N2O4S. The normalized spacial score (nSPS) is 17.4. The molecule has 1 N–H and O–H groups in total. The van der Waals surface area contributed by atoms with Crippen molar-refractivity contribution in [2.24, 2.45) is 5.92 Å². The van der Waals surface area contributed by atoms with E-state index in [4.69, 9.17) is 4.74 Å². The van der Waals surface area contributed by atoms with E-state index in [0.29, 0.717) is 12.5 Å². The van der Waals surface area contributed by atoms with E-state index in [2.05, 4.69) is 4.98 Å². The summed E-state index contributed by atoms with van der Waals surface area (Å²) < 4.78 is 31.7. The number of rotatable bonds is 7. The van der Waals surface area contributed by atoms with Crippen LogP contribution in [0, 0.1) is 5.92 Å². The van der Waals surface area contributed by atoms with Gasteiger partial charge in [0.15, 0.2) is 0 Å². The molecule has 1 aliphatic rings. The molecule has 2 rings (SSSR count). The molecule has 0 aromatic carbocycles. The van der Waals surface area contributed by atoms with Gasteiger partial charge in [-0.25, -0.2) is 8.42 Å². The molecule has 0 spiro atoms. The number of hydrogen-bond donors (Lipinski definition) is 1. The molecule has 112 valence electrons. The van der Waals surface area contributed by atoms with E-state index in [1.54, 1.807) is 0 Å². The first kappa shape index (κ1) is 15.2. The van der Waals surface area contributed by atoms with Crippen LogP contribution >= 0.6 is 0 Å². The summed E-state index contributed by atoms with van der Waals surface area (Å²) >= 11 is 0. The Labute approximate surface area is 118 Å². The Kier molecular flexibility index (Phi) is 4.62. The summed E-state index contributed by atoms with van der Waals surface area (Å²) in [5.74, 6) is 0.379. The van der Waals surface area contributed by atoms with Crippen molar-refractivity contribution in [2.45, 2.75) is 30.7 Å². The lowest BCUT2D eigenvalue weighted by atomic mass is 10.2. The van der Waals surface area contributed by atoms with Crippen LogP contribution in [-0.2, 0) is 14.8 Å². The van der Waals surface area contributed by atoms with Crippen LogP contribution in [0.15, 0.2) is 28.2 Å². The van der Waals surface area contributed by atoms with Gasteiger partial charge in [0, 0.05) is 38.2 Å². The molecule has 1 aromatic heterocycles. The number of sulfonamides is 1. The van der Waals surface area contributed by atoms with Gasteiger partial charge in [0.1, 0.15) is 4.90 Å². The standard InChI is InChI=1S/C13H20N2O4S/c1-10(11-3-4-11)15(7-8-19-2)20(17,18)13-9-14-6-5-12(13)16/h5-6,9-11H,3-4,7-8H2,1-2H3,(H,14,16). The first-order valence-corrected chi connectivity index (χ1v) is 8.10. The molecule has 20 heavy (non-hydrogen) atoms. The quantitative estimate of drug-likeness (QED) is 0.808. The van der Waals surface area contributed by atoms with Gasteiger partial charge in [-0.05, 0) is 25.7 Å². The highest BCUT2D eigenvalue weighted by atomic mass is 32.2. The van der Waals surface area contributed by atoms with E-state index in [9.17, 15) is 13.2 Å². The van der Waals surface area contributed by atoms with Gasteiger partial charge < -0.3 is 9.72 Å². The first-order valence-electron chi connectivity index (χ1n) is 6.66. The summed E-state index contributed by atoms with van der Waals surface area (Å²) in [6.07, 6.45) is 4.74. The van der Waals surface area contributed by atoms with Crippen molar-refractivity contribution >= 4 is 10.0 Å². The largest absolute Gasteiger partial charge is 0.383 e. The van der Waals surface area contributed by atoms with Crippen molar-refractivity contribution in [2.75, 3.05) is 20.3 Å². The smallest absolute Gasteiger partial charge is 0.248 e. The lowest BCUT2D eigenvalue weighted by Gasteiger charge is -2.27. The van der Waals surface area contributed by atoms with Crippen molar-refractivity contribution in [3.8, 4) is 0 Å². The zero-order valence-corrected chi connectivity index (χ0v) is 12.5. The maximum atomic E-state index is 12.7. The molecule has 0 bridgehead atoms. The van der Waals surface area contributed by atoms with Crippen LogP contribution in [0.1, 0.15) is 19.8 Å². The van der Waals surface area contributed by atoms with Crippen molar-refractivity contribution in [3.05, 3.63) is 28.7 Å². The molecule has 0 saturated heterocycles. The van der Waals surface area contributed by atoms with E-state index >= 15 is 0 Å². The van der Waals surface area contributed by atoms with Crippen molar-refractivity contribution < 1.29 is 13.2 Å². The van der Waals surface area contributed by atoms with Crippen LogP contribution in [0.25, 0.3) is 0 Å². The molecule has 1 aromatic rings. The maximum absolute atomic E-state index is 12.7. The summed E-state index contributed by atoms with van der Waals surface area (Å²) in [7, 11) is -2.27. The highest BCUT2D eigenvalue weighted by Crippen LogP contribution is 2.36. The summed E-state index contributed by atoms with van der Waals surface area (Å²) in [6, 6.07) is 1.11. The third-order valence-corrected chi connectivity index (χ3v) is 5.66. The fraction of sp³-hybridized carbons (Fsp3) is 0.615. The van der Waals surface area contributed by atoms with Crippen molar-refractivity contribution in [3.63, 3.8) is 0 Å². The Bertz CT molecular complexity index is 607. The number of methoxy groups -OCH3 is 1. The Morgan fingerprint density at radius 3 is 2.75 bits per heavy atom. The van der Waals surface area contributed by atoms with E-state index in [0.717, 1.165) is 12.8 Å². The molecule has 0 aliphatic heterocycles. The minimum atomic E-state index is -3.80. The summed E-state index contributed by atoms with van der Waals surface area (Å²) in [4.78, 5) is 14.3. The van der Waals surface area contributed by atoms with Crippen LogP contribution in [0.2, 0.25) is 0 Å². The maximum Gasteiger partial charge on any atom is 0.248 e. The average Bonchev–Trinajstić information content (AvgIpc) is 3.23. The zero-order valence-electron chi connectivity index (χ0n) is 11.7. The number of H-pyrrole nitrogens is 1. The number of pyridine rings is 1. The molecule has 7 heteroatoms. The number of hydrogen-bond acceptors (Lipinski definition) is 4. The van der Waals surface area contributed by atoms with Crippen LogP contribution in [0.4, 0.5) is 0 Å². The fourth-order valence-electron chi connectivity index (χ4n) is 2.27. The predicted molar refractivity (Wildman–Crippen MR) is 75.0 cm³/mol. The molecular weight excluding hydrogens is 280 g/mol. The predicted octanol–water partition coefficient (Wildman–Crippen LogP) is 0.811. The Hall–Kier alpha value is -1.18. The second-order valence-electron chi connectivity index (χ2n) is 5.06. The van der Waals surface area contributed by atoms with Gasteiger partial charge in [-0.2, -0.15) is 4.31 Å². The van der Waals surface area contributed by atoms with Gasteiger partial charge in [0.05, 0.1) is 6.61 Å². The Balaban J connectivity index is 2.35. The highest BCUT2D eigenvalue weighted by Gasteiger charge is 2.38. The molecule has 1 fully saturated rings. The summed E-state index contributed by atoms with van der Waals surface area (Å²) in [5, 5.41) is 0. The van der Waals surface area contributed by atoms with E-state index < -0.39 is 15.5 Å². The number of ether oxygens (including phenoxy) is 1. The molecule has 6 nitrogen and oxygen atoms in total. The van der Waals surface area contributed by atoms with Gasteiger partial charge in [-0.3, -0.25) is 4.79 Å². The zero-order chi connectivity index (χ0) is 14.8. The van der Waals surface area contributed by atoms with Crippen molar-refractivity contribution in [1.29, 1.82) is 0 Å². The third-order valence-electron chi connectivity index (χ3n) is 3.65. The van der Waals surface area contributed by atoms with Crippen LogP contribution < -0.4 is 5.43 Å². The monoisotopic (exact) mass is 300 g/mol. The number of nitrogens with zero attached hydrogens (tertiary/aromatic N) is 1. The van der Waals surface area contributed by atoms with Crippen LogP contribution in [-0.4, -0.2) is 44.0 Å². The average molecular weight is 300 g/mol. The van der Waals surface area contributed by atoms with Gasteiger partial charge in [0.25, 0.3) is 0 Å². The number of nitrogens with one attached hydrogen (secondary N) is 1. The Morgan fingerprint density at radius 2 is 2.20 bits per heavy atom. The van der Waals surface area contributed by atoms with Crippen LogP contribution in [0.5, 0.6) is 0 Å². The fourth-order valence-corrected chi connectivity index (χ4v) is 3.98. The third kappa shape index (κ3) is 3.11. The van der Waals surface area contributed by atoms with Crippen molar-refractivity contribution in [1.82, 2.24) is 9.29 Å². The minimum absolute atomic E-state index is 0.116. The molecule has 0 amide bonds. The lowest BCUT2D eigenvalue weighted by molar-refractivity contribution is 0.164. The van der Waals surface area contributed by atoms with E-state index in [1.807, 2.05) is 6.92 Å². The number of aromatic nitrogens is 1. The van der Waals surface area contributed by atoms with Crippen LogP contribution in [0.3, 0.4) is 0 Å². The molecule has 0 radical (unpaired) electrons. The lowest BCUT2D eigenvalue weighted by Crippen LogP contribution is -2.43. The summed E-state index contributed by atoms with van der Waals surface area (Å²) in [5.41, 5.74) is -0.492. The molecule has 1 atom stereocenters. The summed E-state index contributed by atoms with van der Waals surface area (Å²) in [6.45, 7) is 2.45. The molecule has 1 heterocycles. The van der Waals surface area contributed by atoms with Gasteiger partial charge in [0.2, 0.25) is 15.5 Å². The molecule has 1 saturated carbocycles. The molecule has 1 unspecified atom stereocenters. The van der Waals surface area contributed by atoms with Gasteiger partial charge in [-0.15, -0.1) is 0 Å². The first-order chi connectivity index (χ1) is 9.48. The molecule has 1 aliphatic carbocycles. The minimum Gasteiger partial charge on any atom is -0.383 e. The van der Waals surface area contributed by atoms with E-state index in [-0.39, 0.29) is 17.5 Å². The number of aromatic amines is 1. The topological polar surface area (TPSA) is 79.5 Å². The van der Waals surface area contributed by atoms with E-state index in [1.165, 1.54) is 29.9 Å². The highest BCUT2D eigenvalue weighted by molar-refractivity contribution is 7.89. The second-order valence-corrected chi connectivity index (χ2v) is 6.92. The second kappa shape index (κ2) is 6.07. The SMILES string of the molecule is COCCN(C(C)C1CC1)S(=O)(=O)c1c[nH]ccc1=O. The Morgan fingerprint density at radius 1 is 1.50 bits per heavy atom. The van der Waals surface area contributed by atoms with Gasteiger partial charge >= 0.3 is 0 Å². The van der Waals surface area contributed by atoms with Gasteiger partial charge in [-0.1, -0.05) is 0 Å².